The monoisotopic (exact) mass is 518 g/mol. The minimum atomic E-state index is -0.285. The molecule has 0 aliphatic carbocycles. The number of carbonyl (C=O) groups excluding carboxylic acids is 1. The quantitative estimate of drug-likeness (QED) is 0.348. The van der Waals surface area contributed by atoms with Crippen LogP contribution in [0.2, 0.25) is 0 Å². The molecule has 0 unspecified atom stereocenters. The number of hydrogen-bond donors (Lipinski definition) is 2. The van der Waals surface area contributed by atoms with Gasteiger partial charge in [-0.15, -0.1) is 0 Å². The Labute approximate surface area is 167 Å². The molecule has 0 fully saturated rings. The zero-order valence-corrected chi connectivity index (χ0v) is 17.3. The predicted octanol–water partition coefficient (Wildman–Crippen LogP) is 3.47. The van der Waals surface area contributed by atoms with Gasteiger partial charge in [0.25, 0.3) is 0 Å². The maximum atomic E-state index is 12.0. The lowest BCUT2D eigenvalue weighted by atomic mass is 10.1. The van der Waals surface area contributed by atoms with E-state index in [1.807, 2.05) is 22.6 Å². The Hall–Kier alpha value is -1.81. The first-order valence-electron chi connectivity index (χ1n) is 7.15. The highest BCUT2D eigenvalue weighted by Gasteiger charge is 2.08. The molecule has 6 nitrogen and oxygen atoms in total. The summed E-state index contributed by atoms with van der Waals surface area (Å²) in [7, 11) is 3.09. The molecular formula is C17H16BrIN2O4. The van der Waals surface area contributed by atoms with Crippen LogP contribution in [0.1, 0.15) is 11.1 Å². The van der Waals surface area contributed by atoms with Gasteiger partial charge < -0.3 is 14.6 Å². The predicted molar refractivity (Wildman–Crippen MR) is 108 cm³/mol. The van der Waals surface area contributed by atoms with Crippen LogP contribution in [-0.4, -0.2) is 31.4 Å². The standard InChI is InChI=1S/C17H16BrIN2O4/c1-24-14-4-3-10(5-15(14)25-2)6-16(22)21-20-9-11-7-12(18)8-13(19)17(11)23/h3-5,7-9,23H,6H2,1-2H3,(H,21,22). The number of rotatable bonds is 6. The van der Waals surface area contributed by atoms with E-state index in [2.05, 4.69) is 26.5 Å². The average molecular weight is 519 g/mol. The first-order valence-corrected chi connectivity index (χ1v) is 9.02. The molecule has 132 valence electrons. The smallest absolute Gasteiger partial charge is 0.244 e. The fraction of sp³-hybridized carbons (Fsp3) is 0.176. The van der Waals surface area contributed by atoms with Crippen molar-refractivity contribution < 1.29 is 19.4 Å². The summed E-state index contributed by atoms with van der Waals surface area (Å²) in [5.41, 5.74) is 3.71. The SMILES string of the molecule is COc1ccc(CC(=O)NN=Cc2cc(Br)cc(I)c2O)cc1OC. The van der Waals surface area contributed by atoms with E-state index in [0.29, 0.717) is 20.6 Å². The molecule has 1 amide bonds. The molecule has 0 atom stereocenters. The molecule has 0 heterocycles. The molecule has 25 heavy (non-hydrogen) atoms. The second kappa shape index (κ2) is 9.04. The number of halogens is 2. The fourth-order valence-electron chi connectivity index (χ4n) is 2.07. The van der Waals surface area contributed by atoms with Crippen LogP contribution in [0.4, 0.5) is 0 Å². The van der Waals surface area contributed by atoms with Gasteiger partial charge in [-0.25, -0.2) is 5.43 Å². The number of hydrazone groups is 1. The Kier molecular flexibility index (Phi) is 7.06. The normalized spacial score (nSPS) is 10.7. The van der Waals surface area contributed by atoms with Crippen LogP contribution in [0.15, 0.2) is 39.9 Å². The lowest BCUT2D eigenvalue weighted by Gasteiger charge is -2.09. The van der Waals surface area contributed by atoms with E-state index >= 15 is 0 Å². The largest absolute Gasteiger partial charge is 0.506 e. The van der Waals surface area contributed by atoms with E-state index < -0.39 is 0 Å². The van der Waals surface area contributed by atoms with Gasteiger partial charge in [-0.1, -0.05) is 22.0 Å². The third-order valence-corrected chi connectivity index (χ3v) is 4.54. The summed E-state index contributed by atoms with van der Waals surface area (Å²) < 4.78 is 11.9. The van der Waals surface area contributed by atoms with Gasteiger partial charge in [-0.3, -0.25) is 4.79 Å². The van der Waals surface area contributed by atoms with Crippen molar-refractivity contribution in [3.05, 3.63) is 49.5 Å². The van der Waals surface area contributed by atoms with E-state index in [1.54, 1.807) is 37.4 Å². The van der Waals surface area contributed by atoms with Gasteiger partial charge in [-0.05, 0) is 52.4 Å². The van der Waals surface area contributed by atoms with Gasteiger partial charge in [0.2, 0.25) is 5.91 Å². The number of nitrogens with zero attached hydrogens (tertiary/aromatic N) is 1. The van der Waals surface area contributed by atoms with Crippen molar-refractivity contribution in [2.24, 2.45) is 5.10 Å². The first kappa shape index (κ1) is 19.5. The van der Waals surface area contributed by atoms with Crippen molar-refractivity contribution >= 4 is 50.6 Å². The highest BCUT2D eigenvalue weighted by molar-refractivity contribution is 14.1. The van der Waals surface area contributed by atoms with E-state index in [4.69, 9.17) is 9.47 Å². The molecule has 0 radical (unpaired) electrons. The van der Waals surface area contributed by atoms with E-state index in [0.717, 1.165) is 10.0 Å². The number of ether oxygens (including phenoxy) is 2. The topological polar surface area (TPSA) is 80.2 Å². The van der Waals surface area contributed by atoms with Crippen molar-refractivity contribution in [2.45, 2.75) is 6.42 Å². The summed E-state index contributed by atoms with van der Waals surface area (Å²) >= 11 is 5.37. The van der Waals surface area contributed by atoms with Crippen LogP contribution < -0.4 is 14.9 Å². The van der Waals surface area contributed by atoms with Crippen LogP contribution in [0, 0.1) is 3.57 Å². The summed E-state index contributed by atoms with van der Waals surface area (Å²) in [5, 5.41) is 13.9. The lowest BCUT2D eigenvalue weighted by molar-refractivity contribution is -0.120. The molecule has 0 saturated carbocycles. The summed E-state index contributed by atoms with van der Waals surface area (Å²) in [6.45, 7) is 0. The molecule has 2 aromatic carbocycles. The van der Waals surface area contributed by atoms with E-state index in [1.165, 1.54) is 13.3 Å². The van der Waals surface area contributed by atoms with Crippen molar-refractivity contribution in [2.75, 3.05) is 14.2 Å². The summed E-state index contributed by atoms with van der Waals surface area (Å²) in [6, 6.07) is 8.76. The van der Waals surface area contributed by atoms with Crippen molar-refractivity contribution in [1.82, 2.24) is 5.43 Å². The number of phenolic OH excluding ortho intramolecular Hbond substituents is 1. The molecule has 0 aliphatic rings. The van der Waals surface area contributed by atoms with Crippen LogP contribution in [0.25, 0.3) is 0 Å². The minimum Gasteiger partial charge on any atom is -0.506 e. The van der Waals surface area contributed by atoms with Gasteiger partial charge >= 0.3 is 0 Å². The number of nitrogens with one attached hydrogen (secondary N) is 1. The third kappa shape index (κ3) is 5.33. The van der Waals surface area contributed by atoms with Gasteiger partial charge in [0, 0.05) is 10.0 Å². The molecule has 2 rings (SSSR count). The highest BCUT2D eigenvalue weighted by atomic mass is 127. The first-order chi connectivity index (χ1) is 11.9. The van der Waals surface area contributed by atoms with E-state index in [9.17, 15) is 9.90 Å². The number of aromatic hydroxyl groups is 1. The van der Waals surface area contributed by atoms with Crippen molar-refractivity contribution in [1.29, 1.82) is 0 Å². The zero-order chi connectivity index (χ0) is 18.4. The molecule has 2 N–H and O–H groups in total. The van der Waals surface area contributed by atoms with Crippen molar-refractivity contribution in [3.8, 4) is 17.2 Å². The lowest BCUT2D eigenvalue weighted by Crippen LogP contribution is -2.19. The molecule has 8 heteroatoms. The number of benzene rings is 2. The van der Waals surface area contributed by atoms with Crippen LogP contribution in [0.3, 0.4) is 0 Å². The molecule has 0 saturated heterocycles. The molecule has 0 spiro atoms. The highest BCUT2D eigenvalue weighted by Crippen LogP contribution is 2.28. The Balaban J connectivity index is 2.01. The zero-order valence-electron chi connectivity index (χ0n) is 13.5. The average Bonchev–Trinajstić information content (AvgIpc) is 2.58. The molecule has 0 bridgehead atoms. The van der Waals surface area contributed by atoms with Crippen molar-refractivity contribution in [3.63, 3.8) is 0 Å². The molecule has 0 aromatic heterocycles. The van der Waals surface area contributed by atoms with Crippen LogP contribution >= 0.6 is 38.5 Å². The van der Waals surface area contributed by atoms with Crippen LogP contribution in [0.5, 0.6) is 17.2 Å². The molecular weight excluding hydrogens is 503 g/mol. The Bertz CT molecular complexity index is 811. The fourth-order valence-corrected chi connectivity index (χ4v) is 3.62. The Morgan fingerprint density at radius 1 is 1.28 bits per heavy atom. The van der Waals surface area contributed by atoms with E-state index in [-0.39, 0.29) is 18.1 Å². The number of methoxy groups -OCH3 is 2. The van der Waals surface area contributed by atoms with Gasteiger partial charge in [-0.2, -0.15) is 5.10 Å². The molecule has 0 aliphatic heterocycles. The van der Waals surface area contributed by atoms with Gasteiger partial charge in [0.1, 0.15) is 5.75 Å². The summed E-state index contributed by atoms with van der Waals surface area (Å²) in [5.74, 6) is 0.990. The van der Waals surface area contributed by atoms with Gasteiger partial charge in [0.15, 0.2) is 11.5 Å². The maximum Gasteiger partial charge on any atom is 0.244 e. The number of carbonyl (C=O) groups is 1. The summed E-state index contributed by atoms with van der Waals surface area (Å²) in [6.07, 6.45) is 1.54. The minimum absolute atomic E-state index is 0.113. The second-order valence-corrected chi connectivity index (χ2v) is 7.06. The Morgan fingerprint density at radius 2 is 2.00 bits per heavy atom. The maximum absolute atomic E-state index is 12.0. The van der Waals surface area contributed by atoms with Crippen LogP contribution in [-0.2, 0) is 11.2 Å². The Morgan fingerprint density at radius 3 is 2.68 bits per heavy atom. The van der Waals surface area contributed by atoms with Gasteiger partial charge in [0.05, 0.1) is 30.4 Å². The summed E-state index contributed by atoms with van der Waals surface area (Å²) in [4.78, 5) is 12.0. The molecule has 2 aromatic rings. The number of phenols is 1. The second-order valence-electron chi connectivity index (χ2n) is 4.98. The number of amides is 1. The number of hydrogen-bond acceptors (Lipinski definition) is 5. The third-order valence-electron chi connectivity index (χ3n) is 3.26.